The van der Waals surface area contributed by atoms with Crippen molar-refractivity contribution in [3.8, 4) is 11.5 Å². The monoisotopic (exact) mass is 377 g/mol. The van der Waals surface area contributed by atoms with Crippen LogP contribution in [0.25, 0.3) is 0 Å². The van der Waals surface area contributed by atoms with E-state index in [4.69, 9.17) is 14.2 Å². The number of hydrogen-bond acceptors (Lipinski definition) is 5. The van der Waals surface area contributed by atoms with Crippen LogP contribution in [0.1, 0.15) is 47.0 Å². The number of ether oxygens (including phenoxy) is 3. The summed E-state index contributed by atoms with van der Waals surface area (Å²) in [6.07, 6.45) is 2.44. The number of esters is 1. The highest BCUT2D eigenvalue weighted by Gasteiger charge is 2.30. The fourth-order valence-electron chi connectivity index (χ4n) is 3.31. The van der Waals surface area contributed by atoms with Gasteiger partial charge in [0.05, 0.1) is 6.61 Å². The third-order valence-electron chi connectivity index (χ3n) is 5.20. The van der Waals surface area contributed by atoms with Gasteiger partial charge in [-0.3, -0.25) is 4.79 Å². The average molecular weight is 377 g/mol. The molecule has 1 fully saturated rings. The van der Waals surface area contributed by atoms with E-state index in [1.54, 1.807) is 31.2 Å². The number of carbonyl (C=O) groups excluding carboxylic acids is 2. The Morgan fingerprint density at radius 3 is 2.37 bits per heavy atom. The lowest BCUT2D eigenvalue weighted by molar-refractivity contribution is -0.157. The van der Waals surface area contributed by atoms with Crippen molar-refractivity contribution in [1.82, 2.24) is 5.32 Å². The maximum atomic E-state index is 12.3. The van der Waals surface area contributed by atoms with E-state index in [-0.39, 0.29) is 18.6 Å². The van der Waals surface area contributed by atoms with E-state index in [9.17, 15) is 9.59 Å². The molecule has 6 heteroatoms. The summed E-state index contributed by atoms with van der Waals surface area (Å²) in [6, 6.07) is 7.13. The minimum Gasteiger partial charge on any atom is -0.494 e. The summed E-state index contributed by atoms with van der Waals surface area (Å²) in [7, 11) is 0. The number of benzene rings is 1. The average Bonchev–Trinajstić information content (AvgIpc) is 2.65. The lowest BCUT2D eigenvalue weighted by Gasteiger charge is -2.35. The summed E-state index contributed by atoms with van der Waals surface area (Å²) in [5.41, 5.74) is 0. The Bertz CT molecular complexity index is 616. The summed E-state index contributed by atoms with van der Waals surface area (Å²) in [6.45, 7) is 8.21. The number of nitrogens with one attached hydrogen (secondary N) is 1. The first-order valence-electron chi connectivity index (χ1n) is 9.76. The first-order chi connectivity index (χ1) is 12.9. The van der Waals surface area contributed by atoms with E-state index in [0.29, 0.717) is 24.2 Å². The molecule has 1 aromatic rings. The highest BCUT2D eigenvalue weighted by molar-refractivity contribution is 5.83. The van der Waals surface area contributed by atoms with Gasteiger partial charge in [-0.25, -0.2) is 4.79 Å². The maximum absolute atomic E-state index is 12.3. The van der Waals surface area contributed by atoms with Crippen LogP contribution in [0.4, 0.5) is 0 Å². The summed E-state index contributed by atoms with van der Waals surface area (Å²) < 4.78 is 16.0. The first-order valence-corrected chi connectivity index (χ1v) is 9.76. The van der Waals surface area contributed by atoms with Gasteiger partial charge in [0.2, 0.25) is 0 Å². The van der Waals surface area contributed by atoms with Crippen molar-refractivity contribution in [3.63, 3.8) is 0 Å². The standard InChI is InChI=1S/C21H31NO5/c1-5-25-17-9-11-18(12-10-17)26-13-20(23)27-16(4)21(24)22-19-8-6-7-14(2)15(19)3/h9-12,14-16,19H,5-8,13H2,1-4H3,(H,22,24)/t14-,15-,16+,19-/m0/s1. The first kappa shape index (κ1) is 21.1. The largest absolute Gasteiger partial charge is 0.494 e. The van der Waals surface area contributed by atoms with E-state index in [1.807, 2.05) is 6.92 Å². The second-order valence-corrected chi connectivity index (χ2v) is 7.21. The van der Waals surface area contributed by atoms with Crippen LogP contribution >= 0.6 is 0 Å². The zero-order valence-corrected chi connectivity index (χ0v) is 16.7. The Morgan fingerprint density at radius 2 is 1.74 bits per heavy atom. The van der Waals surface area contributed by atoms with Crippen molar-refractivity contribution in [1.29, 1.82) is 0 Å². The second-order valence-electron chi connectivity index (χ2n) is 7.21. The molecule has 2 rings (SSSR count). The Labute approximate surface area is 161 Å². The van der Waals surface area contributed by atoms with Crippen LogP contribution in [0.3, 0.4) is 0 Å². The Morgan fingerprint density at radius 1 is 1.11 bits per heavy atom. The fourth-order valence-corrected chi connectivity index (χ4v) is 3.31. The SMILES string of the molecule is CCOc1ccc(OCC(=O)O[C@H](C)C(=O)N[C@H]2CCC[C@H](C)[C@@H]2C)cc1. The van der Waals surface area contributed by atoms with Gasteiger partial charge in [0.15, 0.2) is 12.7 Å². The molecule has 1 saturated carbocycles. The van der Waals surface area contributed by atoms with E-state index in [1.165, 1.54) is 6.42 Å². The van der Waals surface area contributed by atoms with E-state index < -0.39 is 12.1 Å². The van der Waals surface area contributed by atoms with Crippen molar-refractivity contribution < 1.29 is 23.8 Å². The number of hydrogen-bond donors (Lipinski definition) is 1. The van der Waals surface area contributed by atoms with Crippen LogP contribution in [0, 0.1) is 11.8 Å². The quantitative estimate of drug-likeness (QED) is 0.704. The predicted octanol–water partition coefficient (Wildman–Crippen LogP) is 3.34. The van der Waals surface area contributed by atoms with Gasteiger partial charge in [0.1, 0.15) is 11.5 Å². The van der Waals surface area contributed by atoms with Crippen molar-refractivity contribution >= 4 is 11.9 Å². The molecule has 0 radical (unpaired) electrons. The third kappa shape index (κ3) is 6.45. The fraction of sp³-hybridized carbons (Fsp3) is 0.619. The van der Waals surface area contributed by atoms with Crippen LogP contribution in [-0.2, 0) is 14.3 Å². The van der Waals surface area contributed by atoms with Gasteiger partial charge in [0, 0.05) is 6.04 Å². The molecule has 6 nitrogen and oxygen atoms in total. The van der Waals surface area contributed by atoms with E-state index in [0.717, 1.165) is 18.6 Å². The molecule has 0 heterocycles. The zero-order valence-electron chi connectivity index (χ0n) is 16.7. The van der Waals surface area contributed by atoms with E-state index >= 15 is 0 Å². The Kier molecular flexibility index (Phi) is 7.95. The molecule has 0 aromatic heterocycles. The van der Waals surface area contributed by atoms with Gasteiger partial charge >= 0.3 is 5.97 Å². The zero-order chi connectivity index (χ0) is 19.8. The number of rotatable bonds is 8. The van der Waals surface area contributed by atoms with Gasteiger partial charge in [-0.15, -0.1) is 0 Å². The van der Waals surface area contributed by atoms with Crippen LogP contribution < -0.4 is 14.8 Å². The van der Waals surface area contributed by atoms with Crippen LogP contribution in [0.5, 0.6) is 11.5 Å². The van der Waals surface area contributed by atoms with Gasteiger partial charge in [-0.05, 0) is 56.4 Å². The smallest absolute Gasteiger partial charge is 0.344 e. The lowest BCUT2D eigenvalue weighted by atomic mass is 9.78. The number of carbonyl (C=O) groups is 2. The van der Waals surface area contributed by atoms with Crippen molar-refractivity contribution in [2.45, 2.75) is 59.1 Å². The summed E-state index contributed by atoms with van der Waals surface area (Å²) in [4.78, 5) is 24.3. The Balaban J connectivity index is 1.74. The molecule has 0 unspecified atom stereocenters. The predicted molar refractivity (Wildman–Crippen MR) is 103 cm³/mol. The normalized spacial score (nSPS) is 23.2. The third-order valence-corrected chi connectivity index (χ3v) is 5.20. The molecule has 1 amide bonds. The van der Waals surface area contributed by atoms with Crippen molar-refractivity contribution in [2.24, 2.45) is 11.8 Å². The molecule has 0 bridgehead atoms. The van der Waals surface area contributed by atoms with Crippen LogP contribution in [0.15, 0.2) is 24.3 Å². The molecular formula is C21H31NO5. The molecule has 4 atom stereocenters. The highest BCUT2D eigenvalue weighted by atomic mass is 16.6. The molecule has 1 aliphatic rings. The summed E-state index contributed by atoms with van der Waals surface area (Å²) >= 11 is 0. The van der Waals surface area contributed by atoms with Gasteiger partial charge in [-0.1, -0.05) is 26.7 Å². The van der Waals surface area contributed by atoms with Gasteiger partial charge < -0.3 is 19.5 Å². The van der Waals surface area contributed by atoms with Crippen LogP contribution in [0.2, 0.25) is 0 Å². The van der Waals surface area contributed by atoms with Crippen molar-refractivity contribution in [3.05, 3.63) is 24.3 Å². The molecule has 0 aliphatic heterocycles. The molecule has 27 heavy (non-hydrogen) atoms. The van der Waals surface area contributed by atoms with Gasteiger partial charge in [0.25, 0.3) is 5.91 Å². The van der Waals surface area contributed by atoms with Gasteiger partial charge in [-0.2, -0.15) is 0 Å². The molecule has 150 valence electrons. The minimum atomic E-state index is -0.842. The molecule has 1 N–H and O–H groups in total. The topological polar surface area (TPSA) is 73.9 Å². The molecule has 1 aromatic carbocycles. The van der Waals surface area contributed by atoms with Crippen LogP contribution in [-0.4, -0.2) is 37.2 Å². The minimum absolute atomic E-state index is 0.141. The second kappa shape index (κ2) is 10.2. The summed E-state index contributed by atoms with van der Waals surface area (Å²) in [5, 5.41) is 3.03. The molecule has 1 aliphatic carbocycles. The summed E-state index contributed by atoms with van der Waals surface area (Å²) in [5.74, 6) is 1.46. The molecular weight excluding hydrogens is 346 g/mol. The molecule has 0 saturated heterocycles. The maximum Gasteiger partial charge on any atom is 0.344 e. The Hall–Kier alpha value is -2.24. The molecule has 0 spiro atoms. The number of amides is 1. The lowest BCUT2D eigenvalue weighted by Crippen LogP contribution is -2.47. The van der Waals surface area contributed by atoms with E-state index in [2.05, 4.69) is 19.2 Å². The van der Waals surface area contributed by atoms with Crippen molar-refractivity contribution in [2.75, 3.05) is 13.2 Å². The highest BCUT2D eigenvalue weighted by Crippen LogP contribution is 2.29.